The summed E-state index contributed by atoms with van der Waals surface area (Å²) in [7, 11) is -1.14. The minimum absolute atomic E-state index is 0.357. The molecule has 5 heteroatoms. The Hall–Kier alpha value is -1.07. The van der Waals surface area contributed by atoms with Crippen molar-refractivity contribution >= 4 is 15.5 Å². The second-order valence-electron chi connectivity index (χ2n) is 5.86. The minimum atomic E-state index is -3.11. The molecule has 0 aliphatic heterocycles. The second kappa shape index (κ2) is 5.37. The minimum Gasteiger partial charge on any atom is -0.366 e. The molecule has 2 atom stereocenters. The number of likely N-dealkylation sites (N-methyl/N-ethyl adjacent to an activating group) is 1. The van der Waals surface area contributed by atoms with Crippen LogP contribution in [0.15, 0.2) is 24.3 Å². The number of hydrogen-bond donors (Lipinski definition) is 1. The zero-order valence-corrected chi connectivity index (χ0v) is 13.3. The van der Waals surface area contributed by atoms with Gasteiger partial charge in [0, 0.05) is 25.5 Å². The number of benzene rings is 1. The molecular formula is C15H24N2O2S. The molecule has 0 heterocycles. The first-order valence-electron chi connectivity index (χ1n) is 7.01. The van der Waals surface area contributed by atoms with E-state index in [1.54, 1.807) is 0 Å². The smallest absolute Gasteiger partial charge is 0.152 e. The first-order valence-corrected chi connectivity index (χ1v) is 8.97. The molecule has 1 fully saturated rings. The van der Waals surface area contributed by atoms with E-state index in [0.717, 1.165) is 24.1 Å². The van der Waals surface area contributed by atoms with Gasteiger partial charge in [-0.25, -0.2) is 8.42 Å². The maximum absolute atomic E-state index is 12.1. The predicted octanol–water partition coefficient (Wildman–Crippen LogP) is 1.73. The van der Waals surface area contributed by atoms with Gasteiger partial charge >= 0.3 is 0 Å². The lowest BCUT2D eigenvalue weighted by Crippen LogP contribution is -2.59. The normalized spacial score (nSPS) is 26.7. The zero-order valence-electron chi connectivity index (χ0n) is 12.5. The molecule has 1 aliphatic carbocycles. The number of nitrogens with two attached hydrogens (primary N) is 1. The molecule has 1 aromatic rings. The van der Waals surface area contributed by atoms with Crippen LogP contribution in [0, 0.1) is 6.92 Å². The molecule has 0 saturated heterocycles. The quantitative estimate of drug-likeness (QED) is 0.919. The van der Waals surface area contributed by atoms with Gasteiger partial charge < -0.3 is 10.6 Å². The van der Waals surface area contributed by atoms with Crippen LogP contribution in [0.2, 0.25) is 0 Å². The van der Waals surface area contributed by atoms with Crippen molar-refractivity contribution in [2.45, 2.75) is 37.0 Å². The molecule has 1 aromatic carbocycles. The van der Waals surface area contributed by atoms with E-state index in [1.807, 2.05) is 38.2 Å². The molecule has 2 unspecified atom stereocenters. The van der Waals surface area contributed by atoms with Crippen LogP contribution in [-0.2, 0) is 9.84 Å². The molecule has 1 saturated carbocycles. The van der Waals surface area contributed by atoms with Gasteiger partial charge in [-0.05, 0) is 37.8 Å². The van der Waals surface area contributed by atoms with Crippen LogP contribution >= 0.6 is 0 Å². The molecule has 2 N–H and O–H groups in total. The Labute approximate surface area is 121 Å². The Morgan fingerprint density at radius 2 is 2.05 bits per heavy atom. The van der Waals surface area contributed by atoms with E-state index in [1.165, 1.54) is 6.26 Å². The molecular weight excluding hydrogens is 272 g/mol. The third-order valence-electron chi connectivity index (χ3n) is 4.69. The maximum atomic E-state index is 12.1. The van der Waals surface area contributed by atoms with Crippen LogP contribution in [0.4, 0.5) is 5.69 Å². The summed E-state index contributed by atoms with van der Waals surface area (Å²) in [4.78, 5) is 2.10. The largest absolute Gasteiger partial charge is 0.366 e. The van der Waals surface area contributed by atoms with E-state index in [-0.39, 0.29) is 5.25 Å². The van der Waals surface area contributed by atoms with Crippen LogP contribution in [0.3, 0.4) is 0 Å². The van der Waals surface area contributed by atoms with Gasteiger partial charge in [0.2, 0.25) is 0 Å². The Morgan fingerprint density at radius 3 is 2.60 bits per heavy atom. The van der Waals surface area contributed by atoms with Crippen molar-refractivity contribution < 1.29 is 8.42 Å². The fourth-order valence-corrected chi connectivity index (χ4v) is 5.33. The van der Waals surface area contributed by atoms with Crippen LogP contribution in [0.5, 0.6) is 0 Å². The van der Waals surface area contributed by atoms with E-state index < -0.39 is 15.4 Å². The molecule has 0 amide bonds. The van der Waals surface area contributed by atoms with Crippen LogP contribution in [0.1, 0.15) is 24.8 Å². The molecule has 0 bridgehead atoms. The Bertz CT molecular complexity index is 585. The van der Waals surface area contributed by atoms with E-state index in [0.29, 0.717) is 13.0 Å². The number of rotatable bonds is 4. The summed E-state index contributed by atoms with van der Waals surface area (Å²) in [6.07, 6.45) is 3.77. The van der Waals surface area contributed by atoms with E-state index in [2.05, 4.69) is 4.90 Å². The standard InChI is InChI=1S/C15H24N2O2S/c1-12-7-4-5-8-13(12)17(2)15(11-16)10-6-9-14(15)20(3,18)19/h4-5,7-8,14H,6,9-11,16H2,1-3H3. The van der Waals surface area contributed by atoms with Gasteiger partial charge in [-0.15, -0.1) is 0 Å². The highest BCUT2D eigenvalue weighted by atomic mass is 32.2. The second-order valence-corrected chi connectivity index (χ2v) is 8.09. The summed E-state index contributed by atoms with van der Waals surface area (Å²) in [5.74, 6) is 0. The molecule has 1 aliphatic rings. The SMILES string of the molecule is Cc1ccccc1N(C)C1(CN)CCCC1S(C)(=O)=O. The summed E-state index contributed by atoms with van der Waals surface area (Å²) in [5.41, 5.74) is 7.76. The number of para-hydroxylation sites is 1. The number of sulfone groups is 1. The van der Waals surface area contributed by atoms with Gasteiger partial charge in [-0.3, -0.25) is 0 Å². The van der Waals surface area contributed by atoms with Gasteiger partial charge in [-0.1, -0.05) is 18.2 Å². The molecule has 0 radical (unpaired) electrons. The monoisotopic (exact) mass is 296 g/mol. The first kappa shape index (κ1) is 15.3. The average molecular weight is 296 g/mol. The molecule has 4 nitrogen and oxygen atoms in total. The average Bonchev–Trinajstić information content (AvgIpc) is 2.83. The summed E-state index contributed by atoms with van der Waals surface area (Å²) >= 11 is 0. The predicted molar refractivity (Wildman–Crippen MR) is 83.9 cm³/mol. The summed E-state index contributed by atoms with van der Waals surface area (Å²) in [6.45, 7) is 2.40. The van der Waals surface area contributed by atoms with Crippen LogP contribution in [-0.4, -0.2) is 39.1 Å². The molecule has 2 rings (SSSR count). The molecule has 0 spiro atoms. The van der Waals surface area contributed by atoms with Crippen molar-refractivity contribution in [3.63, 3.8) is 0 Å². The van der Waals surface area contributed by atoms with E-state index >= 15 is 0 Å². The maximum Gasteiger partial charge on any atom is 0.152 e. The third-order valence-corrected chi connectivity index (χ3v) is 6.40. The highest BCUT2D eigenvalue weighted by Gasteiger charge is 2.50. The highest BCUT2D eigenvalue weighted by Crippen LogP contribution is 2.41. The van der Waals surface area contributed by atoms with Crippen LogP contribution < -0.4 is 10.6 Å². The topological polar surface area (TPSA) is 63.4 Å². The molecule has 20 heavy (non-hydrogen) atoms. The molecule has 112 valence electrons. The zero-order chi connectivity index (χ0) is 15.0. The Balaban J connectivity index is 2.48. The van der Waals surface area contributed by atoms with Gasteiger partial charge in [0.25, 0.3) is 0 Å². The fourth-order valence-electron chi connectivity index (χ4n) is 3.57. The number of hydrogen-bond acceptors (Lipinski definition) is 4. The Morgan fingerprint density at radius 1 is 1.40 bits per heavy atom. The van der Waals surface area contributed by atoms with E-state index in [9.17, 15) is 8.42 Å². The van der Waals surface area contributed by atoms with Gasteiger partial charge in [0.1, 0.15) is 0 Å². The van der Waals surface area contributed by atoms with Crippen molar-refractivity contribution in [3.8, 4) is 0 Å². The highest BCUT2D eigenvalue weighted by molar-refractivity contribution is 7.91. The molecule has 0 aromatic heterocycles. The van der Waals surface area contributed by atoms with Crippen molar-refractivity contribution in [1.82, 2.24) is 0 Å². The summed E-state index contributed by atoms with van der Waals surface area (Å²) < 4.78 is 24.3. The first-order chi connectivity index (χ1) is 9.33. The summed E-state index contributed by atoms with van der Waals surface area (Å²) in [5, 5.41) is -0.385. The van der Waals surface area contributed by atoms with Crippen LogP contribution in [0.25, 0.3) is 0 Å². The van der Waals surface area contributed by atoms with Gasteiger partial charge in [-0.2, -0.15) is 0 Å². The Kier molecular flexibility index (Phi) is 4.12. The van der Waals surface area contributed by atoms with Crippen molar-refractivity contribution in [1.29, 1.82) is 0 Å². The fraction of sp³-hybridized carbons (Fsp3) is 0.600. The lowest BCUT2D eigenvalue weighted by molar-refractivity contribution is 0.420. The van der Waals surface area contributed by atoms with Crippen molar-refractivity contribution in [2.24, 2.45) is 5.73 Å². The summed E-state index contributed by atoms with van der Waals surface area (Å²) in [6, 6.07) is 8.04. The number of aryl methyl sites for hydroxylation is 1. The van der Waals surface area contributed by atoms with E-state index in [4.69, 9.17) is 5.73 Å². The van der Waals surface area contributed by atoms with Gasteiger partial charge in [0.05, 0.1) is 10.8 Å². The lowest BCUT2D eigenvalue weighted by Gasteiger charge is -2.44. The third kappa shape index (κ3) is 2.44. The van der Waals surface area contributed by atoms with Crippen molar-refractivity contribution in [3.05, 3.63) is 29.8 Å². The number of anilines is 1. The lowest BCUT2D eigenvalue weighted by atomic mass is 9.93. The number of nitrogens with zero attached hydrogens (tertiary/aromatic N) is 1. The van der Waals surface area contributed by atoms with Gasteiger partial charge in [0.15, 0.2) is 9.84 Å². The van der Waals surface area contributed by atoms with Crippen molar-refractivity contribution in [2.75, 3.05) is 24.7 Å².